The van der Waals surface area contributed by atoms with Crippen molar-refractivity contribution < 1.29 is 0 Å². The van der Waals surface area contributed by atoms with Gasteiger partial charge in [0.15, 0.2) is 0 Å². The molecule has 0 saturated carbocycles. The Labute approximate surface area is 113 Å². The maximum Gasteiger partial charge on any atom is 0.0946 e. The Morgan fingerprint density at radius 2 is 2.28 bits per heavy atom. The molecule has 0 aliphatic heterocycles. The molecule has 1 atom stereocenters. The van der Waals surface area contributed by atoms with Crippen molar-refractivity contribution in [3.05, 3.63) is 53.1 Å². The van der Waals surface area contributed by atoms with E-state index in [2.05, 4.69) is 27.9 Å². The van der Waals surface area contributed by atoms with Crippen LogP contribution in [0.15, 0.2) is 36.8 Å². The third-order valence-corrected chi connectivity index (χ3v) is 3.23. The summed E-state index contributed by atoms with van der Waals surface area (Å²) >= 11 is 6.02. The van der Waals surface area contributed by atoms with Crippen molar-refractivity contribution in [3.63, 3.8) is 0 Å². The summed E-state index contributed by atoms with van der Waals surface area (Å²) < 4.78 is 2.05. The highest BCUT2D eigenvalue weighted by atomic mass is 35.5. The van der Waals surface area contributed by atoms with E-state index in [1.807, 2.05) is 37.8 Å². The van der Waals surface area contributed by atoms with Crippen LogP contribution in [0.5, 0.6) is 0 Å². The highest BCUT2D eigenvalue weighted by Gasteiger charge is 2.14. The Morgan fingerprint density at radius 3 is 2.89 bits per heavy atom. The molecule has 18 heavy (non-hydrogen) atoms. The molecule has 4 heteroatoms. The van der Waals surface area contributed by atoms with Crippen molar-refractivity contribution in [3.8, 4) is 0 Å². The minimum absolute atomic E-state index is 0.265. The first kappa shape index (κ1) is 13.1. The summed E-state index contributed by atoms with van der Waals surface area (Å²) in [5.41, 5.74) is 2.42. The van der Waals surface area contributed by atoms with Crippen molar-refractivity contribution in [2.24, 2.45) is 7.05 Å². The first-order chi connectivity index (χ1) is 8.70. The average molecular weight is 264 g/mol. The Balaban J connectivity index is 2.19. The van der Waals surface area contributed by atoms with Gasteiger partial charge in [0.1, 0.15) is 0 Å². The zero-order valence-electron chi connectivity index (χ0n) is 10.7. The lowest BCUT2D eigenvalue weighted by atomic mass is 10.0. The number of imidazole rings is 1. The van der Waals surface area contributed by atoms with Gasteiger partial charge in [0, 0.05) is 18.3 Å². The van der Waals surface area contributed by atoms with E-state index in [0.717, 1.165) is 18.0 Å². The summed E-state index contributed by atoms with van der Waals surface area (Å²) in [6, 6.07) is 8.27. The molecule has 2 rings (SSSR count). The standard InChI is InChI=1S/C14H18ClN3/c1-3-17-13(14-9-16-10-18(14)2)8-11-5-4-6-12(15)7-11/h4-7,9-10,13,17H,3,8H2,1-2H3. The second kappa shape index (κ2) is 6.03. The van der Waals surface area contributed by atoms with Crippen molar-refractivity contribution in [1.29, 1.82) is 0 Å². The molecule has 0 amide bonds. The van der Waals surface area contributed by atoms with Crippen LogP contribution in [0, 0.1) is 0 Å². The van der Waals surface area contributed by atoms with Crippen LogP contribution in [0.4, 0.5) is 0 Å². The zero-order chi connectivity index (χ0) is 13.0. The quantitative estimate of drug-likeness (QED) is 0.899. The van der Waals surface area contributed by atoms with E-state index >= 15 is 0 Å². The third kappa shape index (κ3) is 3.12. The van der Waals surface area contributed by atoms with Crippen molar-refractivity contribution in [2.45, 2.75) is 19.4 Å². The maximum absolute atomic E-state index is 6.02. The molecule has 1 heterocycles. The largest absolute Gasteiger partial charge is 0.336 e. The zero-order valence-corrected chi connectivity index (χ0v) is 11.5. The number of nitrogens with zero attached hydrogens (tertiary/aromatic N) is 2. The van der Waals surface area contributed by atoms with Gasteiger partial charge in [0.2, 0.25) is 0 Å². The van der Waals surface area contributed by atoms with Crippen molar-refractivity contribution >= 4 is 11.6 Å². The molecule has 1 aromatic carbocycles. The van der Waals surface area contributed by atoms with Crippen LogP contribution >= 0.6 is 11.6 Å². The van der Waals surface area contributed by atoms with Gasteiger partial charge in [-0.3, -0.25) is 0 Å². The molecule has 0 aliphatic carbocycles. The van der Waals surface area contributed by atoms with E-state index in [1.165, 1.54) is 11.3 Å². The van der Waals surface area contributed by atoms with Crippen LogP contribution in [0.3, 0.4) is 0 Å². The highest BCUT2D eigenvalue weighted by Crippen LogP contribution is 2.19. The maximum atomic E-state index is 6.02. The summed E-state index contributed by atoms with van der Waals surface area (Å²) in [5, 5.41) is 4.27. The van der Waals surface area contributed by atoms with Gasteiger partial charge in [0.05, 0.1) is 18.1 Å². The van der Waals surface area contributed by atoms with Gasteiger partial charge >= 0.3 is 0 Å². The van der Waals surface area contributed by atoms with E-state index in [9.17, 15) is 0 Å². The smallest absolute Gasteiger partial charge is 0.0946 e. The van der Waals surface area contributed by atoms with Crippen LogP contribution in [0.2, 0.25) is 5.02 Å². The van der Waals surface area contributed by atoms with Gasteiger partial charge < -0.3 is 9.88 Å². The summed E-state index contributed by atoms with van der Waals surface area (Å²) in [6.07, 6.45) is 4.66. The number of hydrogen-bond acceptors (Lipinski definition) is 2. The number of aromatic nitrogens is 2. The number of benzene rings is 1. The number of halogens is 1. The van der Waals surface area contributed by atoms with Gasteiger partial charge in [-0.15, -0.1) is 0 Å². The lowest BCUT2D eigenvalue weighted by Gasteiger charge is -2.18. The average Bonchev–Trinajstić information content (AvgIpc) is 2.75. The molecule has 0 spiro atoms. The number of aryl methyl sites for hydroxylation is 1. The second-order valence-corrected chi connectivity index (χ2v) is 4.81. The lowest BCUT2D eigenvalue weighted by Crippen LogP contribution is -2.24. The monoisotopic (exact) mass is 263 g/mol. The molecular weight excluding hydrogens is 246 g/mol. The number of nitrogens with one attached hydrogen (secondary N) is 1. The fourth-order valence-electron chi connectivity index (χ4n) is 2.13. The molecule has 2 aromatic rings. The first-order valence-electron chi connectivity index (χ1n) is 6.14. The van der Waals surface area contributed by atoms with E-state index in [0.29, 0.717) is 0 Å². The predicted molar refractivity (Wildman–Crippen MR) is 74.8 cm³/mol. The minimum Gasteiger partial charge on any atom is -0.336 e. The lowest BCUT2D eigenvalue weighted by molar-refractivity contribution is 0.520. The van der Waals surface area contributed by atoms with Crippen LogP contribution in [0.1, 0.15) is 24.2 Å². The van der Waals surface area contributed by atoms with Gasteiger partial charge in [-0.2, -0.15) is 0 Å². The summed E-state index contributed by atoms with van der Waals surface area (Å²) in [7, 11) is 2.02. The molecule has 1 N–H and O–H groups in total. The molecule has 0 saturated heterocycles. The number of hydrogen-bond donors (Lipinski definition) is 1. The number of likely N-dealkylation sites (N-methyl/N-ethyl adjacent to an activating group) is 1. The van der Waals surface area contributed by atoms with Crippen LogP contribution in [-0.2, 0) is 13.5 Å². The Kier molecular flexibility index (Phi) is 4.39. The summed E-state index contributed by atoms with van der Waals surface area (Å²) in [5.74, 6) is 0. The Hall–Kier alpha value is -1.32. The second-order valence-electron chi connectivity index (χ2n) is 4.37. The molecule has 3 nitrogen and oxygen atoms in total. The van der Waals surface area contributed by atoms with Crippen molar-refractivity contribution in [2.75, 3.05) is 6.54 Å². The van der Waals surface area contributed by atoms with Gasteiger partial charge in [0.25, 0.3) is 0 Å². The van der Waals surface area contributed by atoms with Gasteiger partial charge in [-0.05, 0) is 30.7 Å². The number of rotatable bonds is 5. The van der Waals surface area contributed by atoms with Gasteiger partial charge in [-0.1, -0.05) is 30.7 Å². The molecule has 0 bridgehead atoms. The molecule has 0 aliphatic rings. The van der Waals surface area contributed by atoms with Crippen LogP contribution in [0.25, 0.3) is 0 Å². The fraction of sp³-hybridized carbons (Fsp3) is 0.357. The highest BCUT2D eigenvalue weighted by molar-refractivity contribution is 6.30. The minimum atomic E-state index is 0.265. The van der Waals surface area contributed by atoms with Crippen molar-refractivity contribution in [1.82, 2.24) is 14.9 Å². The normalized spacial score (nSPS) is 12.6. The van der Waals surface area contributed by atoms with E-state index in [-0.39, 0.29) is 6.04 Å². The molecular formula is C14H18ClN3. The Bertz CT molecular complexity index is 507. The Morgan fingerprint density at radius 1 is 1.44 bits per heavy atom. The third-order valence-electron chi connectivity index (χ3n) is 2.99. The molecule has 0 fully saturated rings. The molecule has 1 unspecified atom stereocenters. The topological polar surface area (TPSA) is 29.9 Å². The summed E-state index contributed by atoms with van der Waals surface area (Å²) in [4.78, 5) is 4.18. The SMILES string of the molecule is CCNC(Cc1cccc(Cl)c1)c1cncn1C. The van der Waals surface area contributed by atoms with Crippen LogP contribution in [-0.4, -0.2) is 16.1 Å². The van der Waals surface area contributed by atoms with Crippen LogP contribution < -0.4 is 5.32 Å². The predicted octanol–water partition coefficient (Wildman–Crippen LogP) is 2.97. The van der Waals surface area contributed by atoms with E-state index < -0.39 is 0 Å². The van der Waals surface area contributed by atoms with Gasteiger partial charge in [-0.25, -0.2) is 4.98 Å². The van der Waals surface area contributed by atoms with E-state index in [1.54, 1.807) is 0 Å². The fourth-order valence-corrected chi connectivity index (χ4v) is 2.34. The first-order valence-corrected chi connectivity index (χ1v) is 6.52. The summed E-state index contributed by atoms with van der Waals surface area (Å²) in [6.45, 7) is 3.04. The molecule has 96 valence electrons. The van der Waals surface area contributed by atoms with E-state index in [4.69, 9.17) is 11.6 Å². The molecule has 0 radical (unpaired) electrons. The molecule has 1 aromatic heterocycles.